The molecule has 0 aliphatic carbocycles. The first-order valence-corrected chi connectivity index (χ1v) is 11.5. The molecule has 11 heteroatoms. The molecule has 0 saturated carbocycles. The van der Waals surface area contributed by atoms with E-state index < -0.39 is 26.6 Å². The van der Waals surface area contributed by atoms with Crippen molar-refractivity contribution in [3.8, 4) is 0 Å². The fraction of sp³-hybridized carbons (Fsp3) is 0.100. The first-order chi connectivity index (χ1) is 14.6. The summed E-state index contributed by atoms with van der Waals surface area (Å²) in [6.07, 6.45) is 0. The van der Waals surface area contributed by atoms with Crippen molar-refractivity contribution >= 4 is 61.0 Å². The van der Waals surface area contributed by atoms with Crippen LogP contribution >= 0.6 is 22.9 Å². The molecule has 0 radical (unpaired) electrons. The molecular formula is C20H18ClFN4O3S2. The van der Waals surface area contributed by atoms with Gasteiger partial charge < -0.3 is 16.0 Å². The third kappa shape index (κ3) is 5.22. The van der Waals surface area contributed by atoms with E-state index in [1.807, 2.05) is 0 Å². The molecule has 1 heterocycles. The van der Waals surface area contributed by atoms with E-state index in [0.717, 1.165) is 23.5 Å². The van der Waals surface area contributed by atoms with Crippen LogP contribution in [0.1, 0.15) is 22.2 Å². The van der Waals surface area contributed by atoms with E-state index in [4.69, 9.17) is 17.0 Å². The van der Waals surface area contributed by atoms with Crippen molar-refractivity contribution in [2.24, 2.45) is 0 Å². The van der Waals surface area contributed by atoms with Crippen LogP contribution in [0.25, 0.3) is 0 Å². The van der Waals surface area contributed by atoms with Crippen molar-refractivity contribution < 1.29 is 17.6 Å². The lowest BCUT2D eigenvalue weighted by Gasteiger charge is -2.11. The van der Waals surface area contributed by atoms with Gasteiger partial charge in [-0.25, -0.2) is 12.8 Å². The summed E-state index contributed by atoms with van der Waals surface area (Å²) in [5.74, 6) is -1.47. The Labute approximate surface area is 187 Å². The number of halogens is 2. The average Bonchev–Trinajstić information content (AvgIpc) is 3.16. The number of nitrogens with one attached hydrogen (secondary N) is 4. The Morgan fingerprint density at radius 3 is 2.32 bits per heavy atom. The minimum absolute atomic E-state index is 0.107. The first-order valence-electron chi connectivity index (χ1n) is 8.87. The summed E-state index contributed by atoms with van der Waals surface area (Å²) in [5, 5.41) is 14.4. The SMILES string of the molecule is CNc1sc(C(=O)Nc2ccc(F)c(S(=O)(=O)Nc3ccc(Cl)cc3)c2)cc1C(C)=N. The second-order valence-corrected chi connectivity index (χ2v) is 9.58. The molecule has 0 spiro atoms. The molecule has 7 nitrogen and oxygen atoms in total. The second kappa shape index (κ2) is 9.04. The van der Waals surface area contributed by atoms with Gasteiger partial charge in [-0.3, -0.25) is 9.52 Å². The fourth-order valence-electron chi connectivity index (χ4n) is 2.67. The largest absolute Gasteiger partial charge is 0.379 e. The molecule has 0 atom stereocenters. The average molecular weight is 481 g/mol. The highest BCUT2D eigenvalue weighted by Gasteiger charge is 2.21. The molecular weight excluding hydrogens is 463 g/mol. The normalized spacial score (nSPS) is 11.1. The predicted octanol–water partition coefficient (Wildman–Crippen LogP) is 5.02. The Morgan fingerprint density at radius 1 is 1.10 bits per heavy atom. The van der Waals surface area contributed by atoms with Crippen molar-refractivity contribution in [3.05, 3.63) is 69.8 Å². The maximum atomic E-state index is 14.3. The maximum Gasteiger partial charge on any atom is 0.265 e. The molecule has 0 aliphatic heterocycles. The van der Waals surface area contributed by atoms with Gasteiger partial charge in [-0.15, -0.1) is 11.3 Å². The molecule has 0 fully saturated rings. The Kier molecular flexibility index (Phi) is 6.63. The summed E-state index contributed by atoms with van der Waals surface area (Å²) in [7, 11) is -2.57. The zero-order valence-corrected chi connectivity index (χ0v) is 18.8. The molecule has 3 aromatic rings. The summed E-state index contributed by atoms with van der Waals surface area (Å²) in [4.78, 5) is 12.3. The van der Waals surface area contributed by atoms with Crippen LogP contribution in [0, 0.1) is 11.2 Å². The third-order valence-corrected chi connectivity index (χ3v) is 6.96. The van der Waals surface area contributed by atoms with Gasteiger partial charge in [-0.2, -0.15) is 0 Å². The van der Waals surface area contributed by atoms with Gasteiger partial charge in [0.25, 0.3) is 15.9 Å². The monoisotopic (exact) mass is 480 g/mol. The number of amides is 1. The van der Waals surface area contributed by atoms with Crippen LogP contribution in [0.15, 0.2) is 53.4 Å². The summed E-state index contributed by atoms with van der Waals surface area (Å²) in [6.45, 7) is 1.61. The fourth-order valence-corrected chi connectivity index (χ4v) is 4.93. The van der Waals surface area contributed by atoms with Gasteiger partial charge in [0.1, 0.15) is 10.7 Å². The van der Waals surface area contributed by atoms with Crippen LogP contribution in [0.4, 0.5) is 20.8 Å². The van der Waals surface area contributed by atoms with Crippen molar-refractivity contribution in [2.75, 3.05) is 22.4 Å². The van der Waals surface area contributed by atoms with Gasteiger partial charge in [-0.1, -0.05) is 11.6 Å². The molecule has 0 aliphatic rings. The van der Waals surface area contributed by atoms with Crippen molar-refractivity contribution in [1.29, 1.82) is 5.41 Å². The molecule has 1 amide bonds. The van der Waals surface area contributed by atoms with Crippen LogP contribution in [0.2, 0.25) is 5.02 Å². The van der Waals surface area contributed by atoms with Crippen LogP contribution in [0.5, 0.6) is 0 Å². The highest BCUT2D eigenvalue weighted by atomic mass is 35.5. The minimum Gasteiger partial charge on any atom is -0.379 e. The molecule has 0 unspecified atom stereocenters. The zero-order valence-electron chi connectivity index (χ0n) is 16.4. The molecule has 2 aromatic carbocycles. The lowest BCUT2D eigenvalue weighted by molar-refractivity contribution is 0.103. The molecule has 31 heavy (non-hydrogen) atoms. The van der Waals surface area contributed by atoms with Gasteiger partial charge in [0.15, 0.2) is 0 Å². The smallest absolute Gasteiger partial charge is 0.265 e. The second-order valence-electron chi connectivity index (χ2n) is 6.44. The van der Waals surface area contributed by atoms with E-state index in [0.29, 0.717) is 26.2 Å². The number of rotatable bonds is 7. The quantitative estimate of drug-likeness (QED) is 0.355. The standard InChI is InChI=1S/C20H18ClFN4O3S2/c1-11(23)15-10-17(30-20(15)24-2)19(27)25-14-7-8-16(22)18(9-14)31(28,29)26-13-5-3-12(21)4-6-13/h3-10,23-24,26H,1-2H3,(H,25,27). The highest BCUT2D eigenvalue weighted by Crippen LogP contribution is 2.29. The summed E-state index contributed by atoms with van der Waals surface area (Å²) in [6, 6.07) is 10.7. The van der Waals surface area contributed by atoms with Gasteiger partial charge >= 0.3 is 0 Å². The van der Waals surface area contributed by atoms with Crippen molar-refractivity contribution in [1.82, 2.24) is 0 Å². The van der Waals surface area contributed by atoms with Crippen LogP contribution < -0.4 is 15.4 Å². The first kappa shape index (κ1) is 22.7. The molecule has 1 aromatic heterocycles. The Hall–Kier alpha value is -2.95. The highest BCUT2D eigenvalue weighted by molar-refractivity contribution is 7.92. The number of anilines is 3. The lowest BCUT2D eigenvalue weighted by atomic mass is 10.2. The van der Waals surface area contributed by atoms with E-state index in [1.165, 1.54) is 30.3 Å². The van der Waals surface area contributed by atoms with Crippen molar-refractivity contribution in [3.63, 3.8) is 0 Å². The minimum atomic E-state index is -4.25. The lowest BCUT2D eigenvalue weighted by Crippen LogP contribution is -2.16. The summed E-state index contributed by atoms with van der Waals surface area (Å²) in [5.41, 5.74) is 1.21. The Balaban J connectivity index is 1.86. The number of carbonyl (C=O) groups is 1. The topological polar surface area (TPSA) is 111 Å². The summed E-state index contributed by atoms with van der Waals surface area (Å²) < 4.78 is 41.9. The molecule has 4 N–H and O–H groups in total. The number of benzene rings is 2. The van der Waals surface area contributed by atoms with Crippen LogP contribution in [0.3, 0.4) is 0 Å². The van der Waals surface area contributed by atoms with Gasteiger partial charge in [0.05, 0.1) is 9.88 Å². The number of carbonyl (C=O) groups excluding carboxylic acids is 1. The zero-order chi connectivity index (χ0) is 22.8. The van der Waals surface area contributed by atoms with Gasteiger partial charge in [0, 0.05) is 34.7 Å². The third-order valence-electron chi connectivity index (χ3n) is 4.16. The Bertz CT molecular complexity index is 1260. The maximum absolute atomic E-state index is 14.3. The van der Waals surface area contributed by atoms with Gasteiger partial charge in [-0.05, 0) is 55.5 Å². The number of hydrogen-bond acceptors (Lipinski definition) is 6. The van der Waals surface area contributed by atoms with Crippen LogP contribution in [-0.4, -0.2) is 27.1 Å². The van der Waals surface area contributed by atoms with Crippen LogP contribution in [-0.2, 0) is 10.0 Å². The summed E-state index contributed by atoms with van der Waals surface area (Å²) >= 11 is 6.94. The number of hydrogen-bond donors (Lipinski definition) is 4. The van der Waals surface area contributed by atoms with E-state index in [1.54, 1.807) is 20.0 Å². The Morgan fingerprint density at radius 2 is 1.74 bits per heavy atom. The van der Waals surface area contributed by atoms with Crippen molar-refractivity contribution in [2.45, 2.75) is 11.8 Å². The number of sulfonamides is 1. The number of thiophene rings is 1. The van der Waals surface area contributed by atoms with E-state index >= 15 is 0 Å². The van der Waals surface area contributed by atoms with Gasteiger partial charge in [0.2, 0.25) is 0 Å². The van der Waals surface area contributed by atoms with E-state index in [2.05, 4.69) is 15.4 Å². The predicted molar refractivity (Wildman–Crippen MR) is 123 cm³/mol. The molecule has 0 bridgehead atoms. The molecule has 3 rings (SSSR count). The molecule has 162 valence electrons. The van der Waals surface area contributed by atoms with E-state index in [9.17, 15) is 17.6 Å². The van der Waals surface area contributed by atoms with E-state index in [-0.39, 0.29) is 11.4 Å². The molecule has 0 saturated heterocycles.